The zero-order valence-electron chi connectivity index (χ0n) is 22.2. The second-order valence-electron chi connectivity index (χ2n) is 9.59. The Morgan fingerprint density at radius 2 is 1.85 bits per heavy atom. The second-order valence-corrected chi connectivity index (χ2v) is 10.6. The molecule has 0 spiro atoms. The Morgan fingerprint density at radius 1 is 1.10 bits per heavy atom. The van der Waals surface area contributed by atoms with E-state index in [1.165, 1.54) is 42.5 Å². The van der Waals surface area contributed by atoms with E-state index in [4.69, 9.17) is 4.74 Å². The minimum Gasteiger partial charge on any atom is -0.437 e. The van der Waals surface area contributed by atoms with Gasteiger partial charge in [-0.2, -0.15) is 18.2 Å². The molecule has 0 aliphatic heterocycles. The van der Waals surface area contributed by atoms with Crippen LogP contribution in [0.25, 0.3) is 21.5 Å². The van der Waals surface area contributed by atoms with Gasteiger partial charge in [0.05, 0.1) is 22.0 Å². The highest BCUT2D eigenvalue weighted by atomic mass is 32.1. The molecule has 0 saturated carbocycles. The van der Waals surface area contributed by atoms with Crippen molar-refractivity contribution < 1.29 is 27.1 Å². The van der Waals surface area contributed by atoms with E-state index in [1.807, 2.05) is 19.1 Å². The minimum absolute atomic E-state index is 0.122. The van der Waals surface area contributed by atoms with Crippen LogP contribution in [0.15, 0.2) is 72.3 Å². The molecule has 1 amide bonds. The van der Waals surface area contributed by atoms with Crippen molar-refractivity contribution in [3.05, 3.63) is 77.9 Å². The molecule has 5 rings (SSSR count). The average molecular weight is 584 g/mol. The number of aromatic nitrogens is 3. The lowest BCUT2D eigenvalue weighted by Gasteiger charge is -2.22. The van der Waals surface area contributed by atoms with Crippen LogP contribution in [0, 0.1) is 5.92 Å². The lowest BCUT2D eigenvalue weighted by atomic mass is 9.93. The summed E-state index contributed by atoms with van der Waals surface area (Å²) in [5.41, 5.74) is 1.32. The van der Waals surface area contributed by atoms with Crippen LogP contribution in [-0.4, -0.2) is 33.1 Å². The van der Waals surface area contributed by atoms with E-state index in [9.17, 15) is 22.4 Å². The minimum atomic E-state index is -4.47. The van der Waals surface area contributed by atoms with Crippen LogP contribution in [0.5, 0.6) is 11.6 Å². The summed E-state index contributed by atoms with van der Waals surface area (Å²) < 4.78 is 60.3. The van der Waals surface area contributed by atoms with Crippen LogP contribution < -0.4 is 15.4 Å². The molecule has 41 heavy (non-hydrogen) atoms. The first-order valence-electron chi connectivity index (χ1n) is 12.7. The summed E-state index contributed by atoms with van der Waals surface area (Å²) in [6, 6.07) is 11.2. The highest BCUT2D eigenvalue weighted by Gasteiger charge is 2.30. The Morgan fingerprint density at radius 3 is 2.54 bits per heavy atom. The summed E-state index contributed by atoms with van der Waals surface area (Å²) in [4.78, 5) is 25.0. The van der Waals surface area contributed by atoms with Gasteiger partial charge in [0.1, 0.15) is 11.7 Å². The molecule has 3 unspecified atom stereocenters. The van der Waals surface area contributed by atoms with E-state index in [2.05, 4.69) is 25.6 Å². The van der Waals surface area contributed by atoms with E-state index in [1.54, 1.807) is 25.1 Å². The normalized spacial score (nSPS) is 17.7. The molecule has 1 aliphatic rings. The molecule has 0 radical (unpaired) electrons. The molecule has 2 N–H and O–H groups in total. The van der Waals surface area contributed by atoms with E-state index in [0.717, 1.165) is 22.4 Å². The zero-order chi connectivity index (χ0) is 29.3. The van der Waals surface area contributed by atoms with Gasteiger partial charge in [0.25, 0.3) is 0 Å². The van der Waals surface area contributed by atoms with E-state index < -0.39 is 17.9 Å². The number of hydrogen-bond acceptors (Lipinski definition) is 7. The molecule has 0 saturated heterocycles. The first-order chi connectivity index (χ1) is 19.5. The number of nitrogens with one attached hydrogen (secondary N) is 2. The Kier molecular flexibility index (Phi) is 7.76. The van der Waals surface area contributed by atoms with Gasteiger partial charge < -0.3 is 15.4 Å². The number of alkyl halides is 4. The fourth-order valence-corrected chi connectivity index (χ4v) is 5.17. The van der Waals surface area contributed by atoms with E-state index in [0.29, 0.717) is 27.7 Å². The summed E-state index contributed by atoms with van der Waals surface area (Å²) in [7, 11) is 0. The van der Waals surface area contributed by atoms with Crippen molar-refractivity contribution >= 4 is 38.5 Å². The Bertz CT molecular complexity index is 1650. The molecule has 2 heterocycles. The monoisotopic (exact) mass is 583 g/mol. The molecule has 2 aromatic heterocycles. The predicted octanol–water partition coefficient (Wildman–Crippen LogP) is 7.79. The molecule has 12 heteroatoms. The number of halogens is 4. The first-order valence-corrected chi connectivity index (χ1v) is 13.5. The Balaban J connectivity index is 1.51. The van der Waals surface area contributed by atoms with Gasteiger partial charge in [0.15, 0.2) is 10.9 Å². The van der Waals surface area contributed by atoms with E-state index in [-0.39, 0.29) is 29.7 Å². The van der Waals surface area contributed by atoms with Gasteiger partial charge in [0.2, 0.25) is 17.7 Å². The molecule has 0 fully saturated rings. The van der Waals surface area contributed by atoms with Crippen molar-refractivity contribution in [3.63, 3.8) is 0 Å². The van der Waals surface area contributed by atoms with Gasteiger partial charge in [-0.25, -0.2) is 14.4 Å². The van der Waals surface area contributed by atoms with Crippen LogP contribution in [0.1, 0.15) is 26.3 Å². The van der Waals surface area contributed by atoms with Crippen LogP contribution in [0.3, 0.4) is 0 Å². The summed E-state index contributed by atoms with van der Waals surface area (Å²) in [5.74, 6) is 0.105. The summed E-state index contributed by atoms with van der Waals surface area (Å²) >= 11 is 1.28. The lowest BCUT2D eigenvalue weighted by molar-refractivity contribution is -0.137. The molecule has 3 atom stereocenters. The van der Waals surface area contributed by atoms with E-state index >= 15 is 0 Å². The number of anilines is 2. The number of rotatable bonds is 7. The van der Waals surface area contributed by atoms with Gasteiger partial charge >= 0.3 is 6.18 Å². The molecular formula is C29H25F4N5O2S. The van der Waals surface area contributed by atoms with Crippen molar-refractivity contribution in [2.45, 2.75) is 39.2 Å². The average Bonchev–Trinajstić information content (AvgIpc) is 3.32. The van der Waals surface area contributed by atoms with Crippen LogP contribution in [0.2, 0.25) is 0 Å². The smallest absolute Gasteiger partial charge is 0.416 e. The fourth-order valence-electron chi connectivity index (χ4n) is 4.24. The quantitative estimate of drug-likeness (QED) is 0.216. The summed E-state index contributed by atoms with van der Waals surface area (Å²) in [5, 5.41) is 6.27. The maximum Gasteiger partial charge on any atom is 0.416 e. The fraction of sp³-hybridized carbons (Fsp3) is 0.241. The highest BCUT2D eigenvalue weighted by molar-refractivity contribution is 7.22. The Labute approximate surface area is 237 Å². The van der Waals surface area contributed by atoms with Crippen molar-refractivity contribution in [3.8, 4) is 22.9 Å². The maximum atomic E-state index is 13.9. The number of nitrogens with zero attached hydrogens (tertiary/aromatic N) is 3. The molecule has 4 aromatic rings. The van der Waals surface area contributed by atoms with Crippen LogP contribution in [-0.2, 0) is 11.0 Å². The third-order valence-corrected chi connectivity index (χ3v) is 7.30. The third-order valence-electron chi connectivity index (χ3n) is 6.37. The predicted molar refractivity (Wildman–Crippen MR) is 151 cm³/mol. The standard InChI is InChI=1S/C29H25F4N5O2S/c1-15-13-19(9-12-21(15)30)16(2)34-27-36-22(18-7-10-20(11-8-18)29(31,32)33)14-25(37-27)40-23-5-4-6-24-26(23)38-28(41-24)35-17(3)39/h4-16,21H,1-3H3,(H,34,36,37)(H,35,38,39). The van der Waals surface area contributed by atoms with Crippen molar-refractivity contribution in [1.82, 2.24) is 15.0 Å². The first kappa shape index (κ1) is 28.2. The summed E-state index contributed by atoms with van der Waals surface area (Å²) in [6.07, 6.45) is -0.509. The number of hydrogen-bond donors (Lipinski definition) is 2. The van der Waals surface area contributed by atoms with Crippen LogP contribution in [0.4, 0.5) is 28.6 Å². The number of fused-ring (bicyclic) bond motifs is 1. The van der Waals surface area contributed by atoms with Gasteiger partial charge in [-0.15, -0.1) is 0 Å². The van der Waals surface area contributed by atoms with Gasteiger partial charge in [-0.1, -0.05) is 48.6 Å². The number of carbonyl (C=O) groups excluding carboxylic acids is 1. The van der Waals surface area contributed by atoms with Gasteiger partial charge in [-0.05, 0) is 42.8 Å². The highest BCUT2D eigenvalue weighted by Crippen LogP contribution is 2.36. The van der Waals surface area contributed by atoms with Crippen molar-refractivity contribution in [1.29, 1.82) is 0 Å². The number of amides is 1. The van der Waals surface area contributed by atoms with Gasteiger partial charge in [-0.3, -0.25) is 4.79 Å². The SMILES string of the molecule is CC(=O)Nc1nc2c(Oc3cc(-c4ccc(C(F)(F)F)cc4)nc(NC(C)C4=CC(C)C(F)C=C4)n3)cccc2s1. The second kappa shape index (κ2) is 11.3. The molecule has 7 nitrogen and oxygen atoms in total. The van der Waals surface area contributed by atoms with Crippen molar-refractivity contribution in [2.75, 3.05) is 10.6 Å². The zero-order valence-corrected chi connectivity index (χ0v) is 23.0. The summed E-state index contributed by atoms with van der Waals surface area (Å²) in [6.45, 7) is 5.04. The molecule has 212 valence electrons. The topological polar surface area (TPSA) is 89.0 Å². The number of thiazole rings is 1. The number of allylic oxidation sites excluding steroid dienone is 2. The number of carbonyl (C=O) groups is 1. The molecule has 0 bridgehead atoms. The van der Waals surface area contributed by atoms with Crippen molar-refractivity contribution in [2.24, 2.45) is 5.92 Å². The number of para-hydroxylation sites is 1. The third kappa shape index (κ3) is 6.54. The molecule has 1 aliphatic carbocycles. The lowest BCUT2D eigenvalue weighted by Crippen LogP contribution is -2.23. The largest absolute Gasteiger partial charge is 0.437 e. The van der Waals surface area contributed by atoms with Crippen LogP contribution >= 0.6 is 11.3 Å². The Hall–Kier alpha value is -4.32. The molecule has 2 aromatic carbocycles. The number of benzene rings is 2. The van der Waals surface area contributed by atoms with Gasteiger partial charge in [0, 0.05) is 24.5 Å². The number of ether oxygens (including phenoxy) is 1. The molecular weight excluding hydrogens is 558 g/mol. The maximum absolute atomic E-state index is 13.9.